The largest absolute Gasteiger partial charge is 0.382 e. The molecule has 0 bridgehead atoms. The maximum absolute atomic E-state index is 8.78. The number of hydrogen-bond donors (Lipinski definition) is 1. The van der Waals surface area contributed by atoms with Gasteiger partial charge >= 0.3 is 0 Å². The molecule has 1 N–H and O–H groups in total. The summed E-state index contributed by atoms with van der Waals surface area (Å²) in [6, 6.07) is 8.36. The minimum atomic E-state index is 0.504. The maximum Gasteiger partial charge on any atom is 0.100 e. The number of anilines is 1. The molecule has 15 heavy (non-hydrogen) atoms. The predicted octanol–water partition coefficient (Wildman–Crippen LogP) is 3.45. The van der Waals surface area contributed by atoms with Gasteiger partial charge in [0.1, 0.15) is 6.07 Å². The zero-order chi connectivity index (χ0) is 10.7. The molecule has 1 aromatic rings. The van der Waals surface area contributed by atoms with Crippen LogP contribution >= 0.6 is 15.9 Å². The van der Waals surface area contributed by atoms with E-state index in [-0.39, 0.29) is 0 Å². The molecular weight excluding hydrogens is 252 g/mol. The van der Waals surface area contributed by atoms with Crippen LogP contribution in [0.5, 0.6) is 0 Å². The van der Waals surface area contributed by atoms with Crippen molar-refractivity contribution in [1.82, 2.24) is 0 Å². The lowest BCUT2D eigenvalue weighted by molar-refractivity contribution is 0.787. The van der Waals surface area contributed by atoms with Crippen molar-refractivity contribution in [2.75, 3.05) is 5.32 Å². The molecule has 0 unspecified atom stereocenters. The van der Waals surface area contributed by atoms with Crippen molar-refractivity contribution in [3.8, 4) is 6.07 Å². The lowest BCUT2D eigenvalue weighted by Gasteiger charge is -2.13. The Morgan fingerprint density at radius 1 is 1.33 bits per heavy atom. The standard InChI is InChI=1S/C12H11BrN2/c13-12-7-11(6-5-9(12)8-14)15-10-3-1-2-4-10/h1-2,5-7,10,15H,3-4H2. The molecule has 0 aliphatic heterocycles. The molecule has 1 aliphatic rings. The third-order valence-corrected chi connectivity index (χ3v) is 3.12. The van der Waals surface area contributed by atoms with Gasteiger partial charge in [0.05, 0.1) is 5.56 Å². The lowest BCUT2D eigenvalue weighted by Crippen LogP contribution is -2.14. The van der Waals surface area contributed by atoms with E-state index in [4.69, 9.17) is 5.26 Å². The number of nitriles is 1. The quantitative estimate of drug-likeness (QED) is 0.829. The van der Waals surface area contributed by atoms with E-state index in [0.717, 1.165) is 23.0 Å². The van der Waals surface area contributed by atoms with E-state index in [1.165, 1.54) is 0 Å². The SMILES string of the molecule is N#Cc1ccc(NC2CC=CC2)cc1Br. The fourth-order valence-electron chi connectivity index (χ4n) is 1.67. The maximum atomic E-state index is 8.78. The van der Waals surface area contributed by atoms with Gasteiger partial charge in [0.2, 0.25) is 0 Å². The van der Waals surface area contributed by atoms with E-state index in [0.29, 0.717) is 11.6 Å². The fourth-order valence-corrected chi connectivity index (χ4v) is 2.13. The third kappa shape index (κ3) is 2.40. The Kier molecular flexibility index (Phi) is 3.08. The topological polar surface area (TPSA) is 35.8 Å². The second-order valence-corrected chi connectivity index (χ2v) is 4.44. The van der Waals surface area contributed by atoms with Gasteiger partial charge < -0.3 is 5.32 Å². The van der Waals surface area contributed by atoms with Gasteiger partial charge in [-0.05, 0) is 47.0 Å². The van der Waals surface area contributed by atoms with E-state index in [2.05, 4.69) is 39.5 Å². The summed E-state index contributed by atoms with van der Waals surface area (Å²) < 4.78 is 0.848. The third-order valence-electron chi connectivity index (χ3n) is 2.47. The second-order valence-electron chi connectivity index (χ2n) is 3.59. The first-order chi connectivity index (χ1) is 7.29. The molecule has 0 aromatic heterocycles. The summed E-state index contributed by atoms with van der Waals surface area (Å²) in [5, 5.41) is 12.2. The van der Waals surface area contributed by atoms with Crippen molar-refractivity contribution in [2.24, 2.45) is 0 Å². The molecule has 0 heterocycles. The fraction of sp³-hybridized carbons (Fsp3) is 0.250. The molecule has 1 aromatic carbocycles. The first-order valence-corrected chi connectivity index (χ1v) is 5.70. The van der Waals surface area contributed by atoms with Crippen LogP contribution in [0.15, 0.2) is 34.8 Å². The number of nitrogens with one attached hydrogen (secondary N) is 1. The van der Waals surface area contributed by atoms with Crippen molar-refractivity contribution >= 4 is 21.6 Å². The molecule has 0 radical (unpaired) electrons. The summed E-state index contributed by atoms with van der Waals surface area (Å²) in [6.07, 6.45) is 6.54. The van der Waals surface area contributed by atoms with E-state index >= 15 is 0 Å². The first-order valence-electron chi connectivity index (χ1n) is 4.91. The Bertz CT molecular complexity index is 424. The number of benzene rings is 1. The number of nitrogens with zero attached hydrogens (tertiary/aromatic N) is 1. The van der Waals surface area contributed by atoms with Gasteiger partial charge in [0.25, 0.3) is 0 Å². The first kappa shape index (κ1) is 10.3. The van der Waals surface area contributed by atoms with E-state index in [9.17, 15) is 0 Å². The molecule has 0 saturated heterocycles. The second kappa shape index (κ2) is 4.50. The summed E-state index contributed by atoms with van der Waals surface area (Å²) >= 11 is 3.38. The van der Waals surface area contributed by atoms with Gasteiger partial charge in [-0.2, -0.15) is 5.26 Å². The van der Waals surface area contributed by atoms with Crippen LogP contribution in [0.4, 0.5) is 5.69 Å². The van der Waals surface area contributed by atoms with Crippen LogP contribution in [-0.2, 0) is 0 Å². The van der Waals surface area contributed by atoms with E-state index < -0.39 is 0 Å². The van der Waals surface area contributed by atoms with E-state index in [1.54, 1.807) is 0 Å². The summed E-state index contributed by atoms with van der Waals surface area (Å²) in [4.78, 5) is 0. The monoisotopic (exact) mass is 262 g/mol. The Balaban J connectivity index is 2.10. The normalized spacial score (nSPS) is 15.2. The van der Waals surface area contributed by atoms with Crippen LogP contribution in [0.1, 0.15) is 18.4 Å². The van der Waals surface area contributed by atoms with Gasteiger partial charge in [-0.1, -0.05) is 12.2 Å². The average molecular weight is 263 g/mol. The molecule has 0 fully saturated rings. The number of halogens is 1. The summed E-state index contributed by atoms with van der Waals surface area (Å²) in [6.45, 7) is 0. The number of rotatable bonds is 2. The molecule has 0 amide bonds. The lowest BCUT2D eigenvalue weighted by atomic mass is 10.2. The van der Waals surface area contributed by atoms with Gasteiger partial charge in [-0.25, -0.2) is 0 Å². The average Bonchev–Trinajstić information content (AvgIpc) is 2.71. The minimum absolute atomic E-state index is 0.504. The van der Waals surface area contributed by atoms with Crippen molar-refractivity contribution < 1.29 is 0 Å². The number of hydrogen-bond acceptors (Lipinski definition) is 2. The van der Waals surface area contributed by atoms with Crippen LogP contribution in [0.2, 0.25) is 0 Å². The molecular formula is C12H11BrN2. The van der Waals surface area contributed by atoms with Crippen molar-refractivity contribution in [1.29, 1.82) is 5.26 Å². The molecule has 0 atom stereocenters. The van der Waals surface area contributed by atoms with Gasteiger partial charge in [-0.15, -0.1) is 0 Å². The smallest absolute Gasteiger partial charge is 0.100 e. The van der Waals surface area contributed by atoms with Crippen molar-refractivity contribution in [3.05, 3.63) is 40.4 Å². The van der Waals surface area contributed by atoms with Crippen LogP contribution in [0, 0.1) is 11.3 Å². The molecule has 0 spiro atoms. The highest BCUT2D eigenvalue weighted by molar-refractivity contribution is 9.10. The minimum Gasteiger partial charge on any atom is -0.382 e. The molecule has 2 rings (SSSR count). The van der Waals surface area contributed by atoms with Crippen molar-refractivity contribution in [3.63, 3.8) is 0 Å². The zero-order valence-corrected chi connectivity index (χ0v) is 9.79. The summed E-state index contributed by atoms with van der Waals surface area (Å²) in [5.41, 5.74) is 1.74. The summed E-state index contributed by atoms with van der Waals surface area (Å²) in [5.74, 6) is 0. The molecule has 1 aliphatic carbocycles. The predicted molar refractivity (Wildman–Crippen MR) is 64.6 cm³/mol. The Hall–Kier alpha value is -1.27. The van der Waals surface area contributed by atoms with Crippen LogP contribution in [0.25, 0.3) is 0 Å². The van der Waals surface area contributed by atoms with Gasteiger partial charge in [0.15, 0.2) is 0 Å². The van der Waals surface area contributed by atoms with Crippen LogP contribution < -0.4 is 5.32 Å². The molecule has 2 nitrogen and oxygen atoms in total. The Morgan fingerprint density at radius 3 is 2.67 bits per heavy atom. The highest BCUT2D eigenvalue weighted by Crippen LogP contribution is 2.23. The van der Waals surface area contributed by atoms with Gasteiger partial charge in [-0.3, -0.25) is 0 Å². The highest BCUT2D eigenvalue weighted by atomic mass is 79.9. The highest BCUT2D eigenvalue weighted by Gasteiger charge is 2.10. The summed E-state index contributed by atoms with van der Waals surface area (Å²) in [7, 11) is 0. The molecule has 3 heteroatoms. The Labute approximate surface area is 97.7 Å². The van der Waals surface area contributed by atoms with Crippen molar-refractivity contribution in [2.45, 2.75) is 18.9 Å². The van der Waals surface area contributed by atoms with Crippen LogP contribution in [0.3, 0.4) is 0 Å². The Morgan fingerprint density at radius 2 is 2.07 bits per heavy atom. The van der Waals surface area contributed by atoms with E-state index in [1.807, 2.05) is 18.2 Å². The molecule has 0 saturated carbocycles. The van der Waals surface area contributed by atoms with Gasteiger partial charge in [0, 0.05) is 16.2 Å². The molecule has 76 valence electrons. The van der Waals surface area contributed by atoms with Crippen LogP contribution in [-0.4, -0.2) is 6.04 Å². The zero-order valence-electron chi connectivity index (χ0n) is 8.20.